The van der Waals surface area contributed by atoms with Crippen molar-refractivity contribution in [3.8, 4) is 11.5 Å². The van der Waals surface area contributed by atoms with E-state index in [2.05, 4.69) is 136 Å². The van der Waals surface area contributed by atoms with Crippen LogP contribution in [-0.2, 0) is 15.8 Å². The molecule has 1 amide bonds. The Balaban J connectivity index is 1.25. The molecule has 3 heterocycles. The Morgan fingerprint density at radius 3 is 2.22 bits per heavy atom. The van der Waals surface area contributed by atoms with E-state index in [1.807, 2.05) is 18.2 Å². The largest absolute Gasteiger partial charge is 0.497 e. The Morgan fingerprint density at radius 2 is 1.60 bits per heavy atom. The third kappa shape index (κ3) is 7.92. The van der Waals surface area contributed by atoms with Gasteiger partial charge in [-0.2, -0.15) is 0 Å². The van der Waals surface area contributed by atoms with Gasteiger partial charge in [0.2, 0.25) is 5.91 Å². The summed E-state index contributed by atoms with van der Waals surface area (Å²) in [5.41, 5.74) is 1.78. The van der Waals surface area contributed by atoms with Crippen molar-refractivity contribution in [3.63, 3.8) is 0 Å². The Bertz CT molecular complexity index is 2040. The number of fused-ring (bicyclic) bond motifs is 1. The molecule has 55 heavy (non-hydrogen) atoms. The quantitative estimate of drug-likeness (QED) is 0.131. The molecule has 1 saturated heterocycles. The van der Waals surface area contributed by atoms with Crippen LogP contribution in [0, 0.1) is 5.92 Å². The molecule has 0 spiro atoms. The van der Waals surface area contributed by atoms with Crippen LogP contribution in [-0.4, -0.2) is 80.2 Å². The van der Waals surface area contributed by atoms with Crippen molar-refractivity contribution in [1.29, 1.82) is 0 Å². The highest BCUT2D eigenvalue weighted by Gasteiger charge is 2.54. The summed E-state index contributed by atoms with van der Waals surface area (Å²) in [5.74, 6) is 1.92. The van der Waals surface area contributed by atoms with Crippen molar-refractivity contribution in [2.45, 2.75) is 76.2 Å². The maximum atomic E-state index is 14.6. The predicted octanol–water partition coefficient (Wildman–Crippen LogP) is 6.93. The molecular weight excluding hydrogens is 773 g/mol. The first kappa shape index (κ1) is 39.0. The maximum Gasteiger partial charge on any atom is 0.261 e. The van der Waals surface area contributed by atoms with E-state index in [-0.39, 0.29) is 35.1 Å². The van der Waals surface area contributed by atoms with Crippen LogP contribution in [0.1, 0.15) is 58.1 Å². The number of aromatic nitrogens is 3. The van der Waals surface area contributed by atoms with Gasteiger partial charge < -0.3 is 34.0 Å². The van der Waals surface area contributed by atoms with Gasteiger partial charge in [0.05, 0.1) is 31.6 Å². The van der Waals surface area contributed by atoms with Gasteiger partial charge >= 0.3 is 0 Å². The van der Waals surface area contributed by atoms with E-state index in [0.717, 1.165) is 58.5 Å². The van der Waals surface area contributed by atoms with E-state index in [4.69, 9.17) is 18.9 Å². The van der Waals surface area contributed by atoms with Crippen molar-refractivity contribution in [3.05, 3.63) is 101 Å². The molecule has 2 aliphatic rings. The second kappa shape index (κ2) is 16.5. The highest BCUT2D eigenvalue weighted by atomic mass is 79.9. The Hall–Kier alpha value is -4.23. The molecule has 10 nitrogen and oxygen atoms in total. The average Bonchev–Trinajstić information content (AvgIpc) is 3.78. The molecule has 5 aromatic rings. The third-order valence-electron chi connectivity index (χ3n) is 11.5. The normalized spacial score (nSPS) is 19.7. The van der Waals surface area contributed by atoms with Crippen LogP contribution < -0.4 is 30.5 Å². The third-order valence-corrected chi connectivity index (χ3v) is 17.2. The van der Waals surface area contributed by atoms with E-state index >= 15 is 0 Å². The van der Waals surface area contributed by atoms with Gasteiger partial charge in [-0.15, -0.1) is 0 Å². The molecule has 2 fully saturated rings. The van der Waals surface area contributed by atoms with E-state index in [0.29, 0.717) is 25.2 Å². The number of hydrogen-bond acceptors (Lipinski definition) is 8. The van der Waals surface area contributed by atoms with E-state index in [1.54, 1.807) is 20.5 Å². The summed E-state index contributed by atoms with van der Waals surface area (Å²) >= 11 is 3.87. The molecular formula is C43H53BrN6O4Si. The topological polar surface area (TPSA) is 103 Å². The number of hydrogen-bond donors (Lipinski definition) is 2. The van der Waals surface area contributed by atoms with Crippen molar-refractivity contribution in [1.82, 2.24) is 24.8 Å². The number of carbonyl (C=O) groups excluding carboxylic acids is 1. The second-order valence-corrected chi connectivity index (χ2v) is 21.1. The minimum atomic E-state index is -2.97. The zero-order chi connectivity index (χ0) is 38.7. The number of carbonyl (C=O) groups is 1. The summed E-state index contributed by atoms with van der Waals surface area (Å²) in [7, 11) is 2.48. The first-order valence-electron chi connectivity index (χ1n) is 19.3. The number of nitrogens with one attached hydrogen (secondary N) is 2. The minimum Gasteiger partial charge on any atom is -0.497 e. The van der Waals surface area contributed by atoms with Crippen LogP contribution in [0.25, 0.3) is 11.0 Å². The summed E-state index contributed by atoms with van der Waals surface area (Å²) in [6, 6.07) is 27.3. The fourth-order valence-electron chi connectivity index (χ4n) is 8.62. The summed E-state index contributed by atoms with van der Waals surface area (Å²) in [6.45, 7) is 9.33. The van der Waals surface area contributed by atoms with Gasteiger partial charge in [0.25, 0.3) is 8.32 Å². The molecule has 2 aromatic heterocycles. The lowest BCUT2D eigenvalue weighted by Crippen LogP contribution is -2.68. The zero-order valence-electron chi connectivity index (χ0n) is 32.7. The van der Waals surface area contributed by atoms with Gasteiger partial charge in [0.15, 0.2) is 0 Å². The first-order chi connectivity index (χ1) is 26.5. The number of ether oxygens (including phenoxy) is 2. The number of likely N-dealkylation sites (tertiary alicyclic amines) is 1. The molecule has 1 aliphatic carbocycles. The fraction of sp³-hybridized carbons (Fsp3) is 0.419. The van der Waals surface area contributed by atoms with Crippen molar-refractivity contribution >= 4 is 57.4 Å². The molecule has 12 heteroatoms. The molecule has 2 N–H and O–H groups in total. The zero-order valence-corrected chi connectivity index (χ0v) is 35.3. The van der Waals surface area contributed by atoms with Gasteiger partial charge in [-0.3, -0.25) is 4.79 Å². The number of amides is 1. The number of halogens is 1. The lowest BCUT2D eigenvalue weighted by Gasteiger charge is -2.45. The lowest BCUT2D eigenvalue weighted by molar-refractivity contribution is -0.128. The lowest BCUT2D eigenvalue weighted by atomic mass is 10.0. The molecule has 0 radical (unpaired) electrons. The monoisotopic (exact) mass is 824 g/mol. The number of anilines is 1. The first-order valence-corrected chi connectivity index (χ1v) is 22.0. The van der Waals surface area contributed by atoms with Gasteiger partial charge in [0, 0.05) is 40.9 Å². The highest BCUT2D eigenvalue weighted by Crippen LogP contribution is 2.45. The smallest absolute Gasteiger partial charge is 0.261 e. The van der Waals surface area contributed by atoms with Crippen LogP contribution >= 0.6 is 15.9 Å². The molecule has 290 valence electrons. The second-order valence-electron chi connectivity index (χ2n) is 16.0. The van der Waals surface area contributed by atoms with Gasteiger partial charge in [0.1, 0.15) is 29.3 Å². The fourth-order valence-corrected chi connectivity index (χ4v) is 13.9. The summed E-state index contributed by atoms with van der Waals surface area (Å²) in [6.07, 6.45) is 6.58. The number of benzene rings is 3. The average molecular weight is 826 g/mol. The van der Waals surface area contributed by atoms with Crippen molar-refractivity contribution in [2.75, 3.05) is 39.7 Å². The maximum absolute atomic E-state index is 14.6. The van der Waals surface area contributed by atoms with E-state index < -0.39 is 8.32 Å². The van der Waals surface area contributed by atoms with Crippen molar-refractivity contribution < 1.29 is 18.7 Å². The van der Waals surface area contributed by atoms with Crippen LogP contribution in [0.15, 0.2) is 95.9 Å². The van der Waals surface area contributed by atoms with E-state index in [9.17, 15) is 4.79 Å². The van der Waals surface area contributed by atoms with Gasteiger partial charge in [-0.05, 0) is 89.3 Å². The SMILES string of the molecule is COc1ccc(CNc2ncnc3c2c(Br)cn3[C@H]2C[C@H](O[Si](c3ccccc3)(c3ccccc3)C(C)(C)C)[C@@H](C(=O)NC3CCN(C)CC3)C2)c(OC)c1. The molecule has 3 aromatic carbocycles. The highest BCUT2D eigenvalue weighted by molar-refractivity contribution is 9.10. The minimum absolute atomic E-state index is 0.0327. The number of methoxy groups -OCH3 is 2. The van der Waals surface area contributed by atoms with Gasteiger partial charge in [-0.25, -0.2) is 9.97 Å². The molecule has 1 saturated carbocycles. The Labute approximate surface area is 334 Å². The Kier molecular flexibility index (Phi) is 11.7. The van der Waals surface area contributed by atoms with E-state index in [1.165, 1.54) is 10.4 Å². The van der Waals surface area contributed by atoms with Crippen LogP contribution in [0.2, 0.25) is 5.04 Å². The standard InChI is InChI=1S/C43H53BrN6O4Si/c1-43(2,3)55(33-13-9-7-10-14-33,34-15-11-8-12-16-34)54-38-24-31(23-35(38)42(51)48-30-19-21-49(4)22-20-30)50-27-36(44)39-40(46-28-47-41(39)50)45-26-29-17-18-32(52-5)25-37(29)53-6/h7-18,25,27-28,30-31,35,38H,19-24,26H2,1-6H3,(H,48,51)(H,45,46,47)/t31-,35+,38+/m1/s1. The number of rotatable bonds is 12. The molecule has 7 rings (SSSR count). The predicted molar refractivity (Wildman–Crippen MR) is 225 cm³/mol. The van der Waals surface area contributed by atoms with Crippen LogP contribution in [0.3, 0.4) is 0 Å². The van der Waals surface area contributed by atoms with Crippen LogP contribution in [0.5, 0.6) is 11.5 Å². The number of nitrogens with zero attached hydrogens (tertiary/aromatic N) is 4. The Morgan fingerprint density at radius 1 is 0.927 bits per heavy atom. The summed E-state index contributed by atoms with van der Waals surface area (Å²) in [4.78, 5) is 26.4. The van der Waals surface area contributed by atoms with Gasteiger partial charge in [-0.1, -0.05) is 81.4 Å². The number of piperidine rings is 1. The molecule has 0 bridgehead atoms. The van der Waals surface area contributed by atoms with Crippen molar-refractivity contribution in [2.24, 2.45) is 5.92 Å². The van der Waals surface area contributed by atoms with Crippen LogP contribution in [0.4, 0.5) is 5.82 Å². The molecule has 1 aliphatic heterocycles. The molecule has 3 atom stereocenters. The summed E-state index contributed by atoms with van der Waals surface area (Å²) in [5, 5.41) is 10.1. The molecule has 0 unspecified atom stereocenters. The summed E-state index contributed by atoms with van der Waals surface area (Å²) < 4.78 is 21.9.